The first kappa shape index (κ1) is 35.8. The molecule has 44 heavy (non-hydrogen) atoms. The molecule has 0 bridgehead atoms. The fourth-order valence-corrected chi connectivity index (χ4v) is 6.93. The number of amides is 1. The van der Waals surface area contributed by atoms with Gasteiger partial charge in [0.15, 0.2) is 25.2 Å². The second-order valence-electron chi connectivity index (χ2n) is 12.8. The quantitative estimate of drug-likeness (QED) is 0.123. The van der Waals surface area contributed by atoms with E-state index < -0.39 is 36.6 Å². The Labute approximate surface area is 271 Å². The van der Waals surface area contributed by atoms with E-state index in [0.717, 1.165) is 16.8 Å². The summed E-state index contributed by atoms with van der Waals surface area (Å²) in [6.07, 6.45) is 1.05. The van der Waals surface area contributed by atoms with Gasteiger partial charge in [-0.1, -0.05) is 52.4 Å². The van der Waals surface area contributed by atoms with Crippen molar-refractivity contribution in [1.29, 1.82) is 0 Å². The van der Waals surface area contributed by atoms with E-state index in [4.69, 9.17) is 34.7 Å². The van der Waals surface area contributed by atoms with E-state index in [1.807, 2.05) is 45.2 Å². The molecule has 1 aromatic carbocycles. The first-order valence-electron chi connectivity index (χ1n) is 15.1. The molecule has 0 N–H and O–H groups in total. The molecular formula is C31H49ClN4O6Si2. The summed E-state index contributed by atoms with van der Waals surface area (Å²) in [4.78, 5) is 19.1. The molecule has 3 aromatic rings. The van der Waals surface area contributed by atoms with Crippen molar-refractivity contribution in [2.75, 3.05) is 27.3 Å². The van der Waals surface area contributed by atoms with Gasteiger partial charge in [-0.15, -0.1) is 0 Å². The molecule has 0 saturated carbocycles. The summed E-state index contributed by atoms with van der Waals surface area (Å²) in [5.74, 6) is 1.29. The third-order valence-corrected chi connectivity index (χ3v) is 8.91. The minimum atomic E-state index is -0.754. The smallest absolute Gasteiger partial charge is 0.410 e. The number of methoxy groups -OCH3 is 1. The summed E-state index contributed by atoms with van der Waals surface area (Å²) in [7, 11) is 1.86. The molecule has 0 aliphatic rings. The first-order chi connectivity index (χ1) is 20.6. The van der Waals surface area contributed by atoms with Crippen molar-refractivity contribution in [3.63, 3.8) is 0 Å². The zero-order chi connectivity index (χ0) is 32.8. The van der Waals surface area contributed by atoms with Crippen molar-refractivity contribution < 1.29 is 27.9 Å². The molecule has 0 spiro atoms. The average Bonchev–Trinajstić information content (AvgIpc) is 3.37. The highest BCUT2D eigenvalue weighted by atomic mass is 35.5. The first-order valence-corrected chi connectivity index (χ1v) is 19.5. The van der Waals surface area contributed by atoms with Gasteiger partial charge in [-0.05, 0) is 38.8 Å². The van der Waals surface area contributed by atoms with Crippen molar-refractivity contribution >= 4 is 42.9 Å². The van der Waals surface area contributed by atoms with E-state index in [9.17, 15) is 4.79 Å². The topological polar surface area (TPSA) is 96.7 Å². The highest BCUT2D eigenvalue weighted by molar-refractivity contribution is 6.29. The predicted octanol–water partition coefficient (Wildman–Crippen LogP) is 5.69. The third-order valence-electron chi connectivity index (χ3n) is 7.45. The molecule has 0 aliphatic carbocycles. The number of fused-ring (bicyclic) bond motifs is 1. The van der Waals surface area contributed by atoms with Crippen LogP contribution in [0.25, 0.3) is 16.9 Å². The molecule has 2 aromatic heterocycles. The molecule has 1 atom stereocenters. The van der Waals surface area contributed by atoms with Crippen LogP contribution in [0.5, 0.6) is 11.5 Å². The number of nitrogens with zero attached hydrogens (tertiary/aromatic N) is 4. The lowest BCUT2D eigenvalue weighted by atomic mass is 9.78. The van der Waals surface area contributed by atoms with Crippen LogP contribution in [0.2, 0.25) is 18.2 Å². The van der Waals surface area contributed by atoms with Gasteiger partial charge in [0.05, 0.1) is 25.6 Å². The van der Waals surface area contributed by atoms with Crippen LogP contribution in [0.1, 0.15) is 59.9 Å². The van der Waals surface area contributed by atoms with E-state index in [1.54, 1.807) is 29.6 Å². The van der Waals surface area contributed by atoms with Crippen LogP contribution in [0.4, 0.5) is 4.79 Å². The van der Waals surface area contributed by atoms with Crippen LogP contribution in [0.3, 0.4) is 0 Å². The molecule has 0 aliphatic heterocycles. The third kappa shape index (κ3) is 8.97. The average molecular weight is 665 g/mol. The maximum absolute atomic E-state index is 13.0. The number of benzene rings is 1. The number of hydrogen-bond donors (Lipinski definition) is 0. The second-order valence-corrected chi connectivity index (χ2v) is 15.0. The monoisotopic (exact) mass is 664 g/mol. The van der Waals surface area contributed by atoms with Crippen LogP contribution < -0.4 is 9.47 Å². The molecule has 0 saturated heterocycles. The van der Waals surface area contributed by atoms with Crippen LogP contribution >= 0.6 is 11.6 Å². The lowest BCUT2D eigenvalue weighted by Crippen LogP contribution is -2.49. The Bertz CT molecular complexity index is 1410. The number of carbonyl (C=O) groups is 1. The summed E-state index contributed by atoms with van der Waals surface area (Å²) in [5.41, 5.74) is 2.22. The van der Waals surface area contributed by atoms with Crippen molar-refractivity contribution in [2.45, 2.75) is 79.4 Å². The molecule has 10 nitrogen and oxygen atoms in total. The Hall–Kier alpha value is -2.65. The van der Waals surface area contributed by atoms with Crippen LogP contribution in [0, 0.1) is 11.3 Å². The Balaban J connectivity index is 1.99. The second kappa shape index (κ2) is 15.1. The van der Waals surface area contributed by atoms with Crippen LogP contribution in [0.15, 0.2) is 30.5 Å². The predicted molar refractivity (Wildman–Crippen MR) is 180 cm³/mol. The number of rotatable bonds is 14. The van der Waals surface area contributed by atoms with E-state index in [0.29, 0.717) is 28.8 Å². The molecule has 3 rings (SSSR count). The molecule has 1 amide bonds. The molecule has 0 radical (unpaired) electrons. The van der Waals surface area contributed by atoms with Gasteiger partial charge in [-0.25, -0.2) is 14.3 Å². The van der Waals surface area contributed by atoms with Gasteiger partial charge in [0.1, 0.15) is 28.5 Å². The largest absolute Gasteiger partial charge is 0.497 e. The highest BCUT2D eigenvalue weighted by Crippen LogP contribution is 2.37. The summed E-state index contributed by atoms with van der Waals surface area (Å²) < 4.78 is 32.0. The minimum Gasteiger partial charge on any atom is -0.497 e. The fourth-order valence-electron chi connectivity index (χ4n) is 4.90. The lowest BCUT2D eigenvalue weighted by molar-refractivity contribution is -0.115. The summed E-state index contributed by atoms with van der Waals surface area (Å²) in [6, 6.07) is 7.49. The molecule has 13 heteroatoms. The zero-order valence-electron chi connectivity index (χ0n) is 28.1. The number of carbonyl (C=O) groups excluding carboxylic acids is 1. The molecule has 244 valence electrons. The van der Waals surface area contributed by atoms with Crippen LogP contribution in [-0.4, -0.2) is 84.3 Å². The molecular weight excluding hydrogens is 616 g/mol. The lowest BCUT2D eigenvalue weighted by Gasteiger charge is -2.42. The van der Waals surface area contributed by atoms with E-state index in [2.05, 4.69) is 50.9 Å². The van der Waals surface area contributed by atoms with E-state index >= 15 is 0 Å². The Morgan fingerprint density at radius 3 is 2.25 bits per heavy atom. The van der Waals surface area contributed by atoms with Crippen LogP contribution in [-0.2, 0) is 13.6 Å². The Morgan fingerprint density at radius 1 is 1.05 bits per heavy atom. The van der Waals surface area contributed by atoms with Crippen molar-refractivity contribution in [3.05, 3.63) is 41.2 Å². The minimum absolute atomic E-state index is 0.164. The van der Waals surface area contributed by atoms with Crippen molar-refractivity contribution in [3.8, 4) is 22.8 Å². The Kier molecular flexibility index (Phi) is 12.3. The van der Waals surface area contributed by atoms with Gasteiger partial charge in [0.25, 0.3) is 0 Å². The number of ether oxygens (including phenoxy) is 3. The van der Waals surface area contributed by atoms with Crippen molar-refractivity contribution in [2.24, 2.45) is 11.3 Å². The van der Waals surface area contributed by atoms with Gasteiger partial charge in [0.2, 0.25) is 0 Å². The maximum atomic E-state index is 13.0. The van der Waals surface area contributed by atoms with Gasteiger partial charge in [0, 0.05) is 48.2 Å². The molecule has 2 heterocycles. The number of halogens is 1. The van der Waals surface area contributed by atoms with Gasteiger partial charge >= 0.3 is 6.09 Å². The Morgan fingerprint density at radius 2 is 1.68 bits per heavy atom. The van der Waals surface area contributed by atoms with Gasteiger partial charge in [-0.3, -0.25) is 0 Å². The summed E-state index contributed by atoms with van der Waals surface area (Å²) >= 11 is 6.49. The van der Waals surface area contributed by atoms with Crippen molar-refractivity contribution in [1.82, 2.24) is 19.5 Å². The molecule has 0 fully saturated rings. The van der Waals surface area contributed by atoms with Gasteiger partial charge in [-0.2, -0.15) is 5.10 Å². The highest BCUT2D eigenvalue weighted by Gasteiger charge is 2.40. The fraction of sp³-hybridized carbons (Fsp3) is 0.581. The zero-order valence-corrected chi connectivity index (χ0v) is 31.6. The molecule has 1 unspecified atom stereocenters. The number of hydrogen-bond acceptors (Lipinski definition) is 8. The number of aromatic nitrogens is 3. The standard InChI is InChI=1S/C31H49ClN4O6Si2/c1-19(2)24-16-33-36-25(15-26(32)34-27(24)36)20-12-22(38-9)14-23(13-20)39-18-21(17-35(8)29(37)40-30(3,4)5)31(6,7)28(41-43-10)42-44-11/h12-16,19,21,28H,17-18,43-44H2,1-11H3. The normalized spacial score (nSPS) is 14.2. The van der Waals surface area contributed by atoms with E-state index in [1.165, 1.54) is 0 Å². The maximum Gasteiger partial charge on any atom is 0.410 e. The summed E-state index contributed by atoms with van der Waals surface area (Å²) in [5, 5.41) is 4.99. The SMILES string of the molecule is COc1cc(OCC(CN(C)C(=O)OC(C)(C)C)C(C)(C)C(O[SiH2]C)O[SiH2]C)cc(-c2cc(Cl)nc3c(C(C)C)cnn23)c1. The van der Waals surface area contributed by atoms with Gasteiger partial charge < -0.3 is 28.0 Å². The van der Waals surface area contributed by atoms with E-state index in [-0.39, 0.29) is 24.7 Å². The summed E-state index contributed by atoms with van der Waals surface area (Å²) in [6.45, 7) is 18.8.